The standard InChI is InChI=1S/C14H13NO.CHNO/c16-11-15-14-8-6-13(7-9-14)10-12-4-2-1-3-5-12;2-1-3/h1-2,4,6-9H,3,5,10H2;2H. The van der Waals surface area contributed by atoms with Gasteiger partial charge >= 0.3 is 0 Å². The highest BCUT2D eigenvalue weighted by Crippen LogP contribution is 2.19. The Balaban J connectivity index is 0.000000550. The summed E-state index contributed by atoms with van der Waals surface area (Å²) in [6, 6.07) is 7.71. The molecule has 0 saturated carbocycles. The molecule has 19 heavy (non-hydrogen) atoms. The van der Waals surface area contributed by atoms with E-state index in [4.69, 9.17) is 10.2 Å². The van der Waals surface area contributed by atoms with Crippen LogP contribution in [0.5, 0.6) is 0 Å². The second kappa shape index (κ2) is 8.54. The summed E-state index contributed by atoms with van der Waals surface area (Å²) in [7, 11) is 0. The van der Waals surface area contributed by atoms with E-state index in [2.05, 4.69) is 23.2 Å². The summed E-state index contributed by atoms with van der Waals surface area (Å²) in [5, 5.41) is 5.40. The monoisotopic (exact) mass is 254 g/mol. The van der Waals surface area contributed by atoms with Crippen molar-refractivity contribution >= 4 is 17.8 Å². The van der Waals surface area contributed by atoms with Crippen molar-refractivity contribution in [1.82, 2.24) is 0 Å². The van der Waals surface area contributed by atoms with E-state index >= 15 is 0 Å². The molecule has 1 aromatic carbocycles. The Morgan fingerprint density at radius 3 is 2.42 bits per heavy atom. The SMILES string of the molecule is N=C=O.O=C=Nc1ccc(CC2=CC=CCC2)cc1. The van der Waals surface area contributed by atoms with Crippen LogP contribution in [0.4, 0.5) is 5.69 Å². The third kappa shape index (κ3) is 5.55. The molecular weight excluding hydrogens is 240 g/mol. The first-order chi connectivity index (χ1) is 9.30. The molecule has 1 N–H and O–H groups in total. The quantitative estimate of drug-likeness (QED) is 0.663. The van der Waals surface area contributed by atoms with Gasteiger partial charge in [-0.25, -0.2) is 15.0 Å². The van der Waals surface area contributed by atoms with Crippen LogP contribution >= 0.6 is 0 Å². The lowest BCUT2D eigenvalue weighted by Gasteiger charge is -2.08. The molecule has 0 aromatic heterocycles. The van der Waals surface area contributed by atoms with Crippen LogP contribution in [-0.4, -0.2) is 12.2 Å². The second-order valence-corrected chi connectivity index (χ2v) is 3.94. The van der Waals surface area contributed by atoms with E-state index in [1.165, 1.54) is 17.2 Å². The first-order valence-corrected chi connectivity index (χ1v) is 5.85. The number of rotatable bonds is 3. The van der Waals surface area contributed by atoms with Gasteiger partial charge in [0.1, 0.15) is 0 Å². The highest BCUT2D eigenvalue weighted by atomic mass is 16.1. The van der Waals surface area contributed by atoms with Crippen LogP contribution in [0.2, 0.25) is 0 Å². The van der Waals surface area contributed by atoms with Crippen LogP contribution in [0.15, 0.2) is 53.1 Å². The van der Waals surface area contributed by atoms with Crippen LogP contribution in [0.25, 0.3) is 0 Å². The molecule has 0 fully saturated rings. The average Bonchev–Trinajstić information content (AvgIpc) is 2.43. The smallest absolute Gasteiger partial charge is 0.222 e. The molecule has 1 aromatic rings. The van der Waals surface area contributed by atoms with Gasteiger partial charge in [0, 0.05) is 0 Å². The van der Waals surface area contributed by atoms with Gasteiger partial charge in [-0.15, -0.1) is 0 Å². The predicted octanol–water partition coefficient (Wildman–Crippen LogP) is 3.37. The predicted molar refractivity (Wildman–Crippen MR) is 72.8 cm³/mol. The van der Waals surface area contributed by atoms with E-state index in [1.807, 2.05) is 24.3 Å². The average molecular weight is 254 g/mol. The second-order valence-electron chi connectivity index (χ2n) is 3.94. The minimum atomic E-state index is 0.663. The zero-order chi connectivity index (χ0) is 13.9. The summed E-state index contributed by atoms with van der Waals surface area (Å²) in [5.74, 6) is 0. The Kier molecular flexibility index (Phi) is 6.52. The number of isocyanates is 2. The number of benzene rings is 1. The van der Waals surface area contributed by atoms with Crippen molar-refractivity contribution in [2.45, 2.75) is 19.3 Å². The molecule has 4 nitrogen and oxygen atoms in total. The maximum Gasteiger partial charge on any atom is 0.240 e. The Labute approximate surface area is 111 Å². The summed E-state index contributed by atoms with van der Waals surface area (Å²) in [4.78, 5) is 22.0. The lowest BCUT2D eigenvalue weighted by atomic mass is 9.98. The number of nitrogens with one attached hydrogen (secondary N) is 1. The molecule has 0 bridgehead atoms. The highest BCUT2D eigenvalue weighted by molar-refractivity contribution is 5.49. The number of allylic oxidation sites excluding steroid dienone is 4. The maximum atomic E-state index is 10.1. The van der Waals surface area contributed by atoms with E-state index in [1.54, 1.807) is 0 Å². The molecule has 0 amide bonds. The summed E-state index contributed by atoms with van der Waals surface area (Å²) >= 11 is 0. The number of nitrogens with zero attached hydrogens (tertiary/aromatic N) is 1. The van der Waals surface area contributed by atoms with Crippen molar-refractivity contribution in [2.24, 2.45) is 4.99 Å². The fourth-order valence-corrected chi connectivity index (χ4v) is 1.80. The lowest BCUT2D eigenvalue weighted by Crippen LogP contribution is -1.92. The van der Waals surface area contributed by atoms with Gasteiger partial charge < -0.3 is 0 Å². The van der Waals surface area contributed by atoms with Gasteiger partial charge in [-0.1, -0.05) is 35.9 Å². The fraction of sp³-hybridized carbons (Fsp3) is 0.200. The molecule has 2 rings (SSSR count). The van der Waals surface area contributed by atoms with Crippen LogP contribution in [0.1, 0.15) is 18.4 Å². The van der Waals surface area contributed by atoms with Crippen LogP contribution in [-0.2, 0) is 16.0 Å². The molecule has 4 heteroatoms. The Morgan fingerprint density at radius 2 is 1.89 bits per heavy atom. The molecular formula is C15H14N2O2. The Morgan fingerprint density at radius 1 is 1.21 bits per heavy atom. The van der Waals surface area contributed by atoms with Crippen LogP contribution < -0.4 is 0 Å². The van der Waals surface area contributed by atoms with E-state index in [0.29, 0.717) is 5.69 Å². The minimum Gasteiger partial charge on any atom is -0.222 e. The van der Waals surface area contributed by atoms with Gasteiger partial charge in [0.25, 0.3) is 0 Å². The Bertz CT molecular complexity index is 544. The molecule has 0 spiro atoms. The largest absolute Gasteiger partial charge is 0.240 e. The summed E-state index contributed by atoms with van der Waals surface area (Å²) in [5.41, 5.74) is 3.37. The normalized spacial score (nSPS) is 12.3. The number of carbonyl (C=O) groups excluding carboxylic acids is 2. The number of hydrogen-bond acceptors (Lipinski definition) is 4. The molecule has 0 heterocycles. The summed E-state index contributed by atoms with van der Waals surface area (Å²) < 4.78 is 0. The lowest BCUT2D eigenvalue weighted by molar-refractivity contribution is 0.562. The molecule has 96 valence electrons. The highest BCUT2D eigenvalue weighted by Gasteiger charge is 2.01. The molecule has 0 aliphatic heterocycles. The van der Waals surface area contributed by atoms with E-state index < -0.39 is 0 Å². The molecule has 0 radical (unpaired) electrons. The number of hydrogen-bond donors (Lipinski definition) is 1. The van der Waals surface area contributed by atoms with Crippen LogP contribution in [0, 0.1) is 5.41 Å². The third-order valence-corrected chi connectivity index (χ3v) is 2.64. The molecule has 1 aliphatic carbocycles. The van der Waals surface area contributed by atoms with E-state index in [-0.39, 0.29) is 0 Å². The van der Waals surface area contributed by atoms with Gasteiger partial charge in [-0.3, -0.25) is 0 Å². The first-order valence-electron chi connectivity index (χ1n) is 5.85. The van der Waals surface area contributed by atoms with Gasteiger partial charge in [0.15, 0.2) is 0 Å². The zero-order valence-electron chi connectivity index (χ0n) is 10.4. The van der Waals surface area contributed by atoms with Crippen molar-refractivity contribution in [3.05, 3.63) is 53.6 Å². The van der Waals surface area contributed by atoms with Gasteiger partial charge in [-0.05, 0) is 37.0 Å². The zero-order valence-corrected chi connectivity index (χ0v) is 10.4. The topological polar surface area (TPSA) is 70.3 Å². The van der Waals surface area contributed by atoms with Crippen molar-refractivity contribution in [2.75, 3.05) is 0 Å². The first kappa shape index (κ1) is 14.5. The summed E-state index contributed by atoms with van der Waals surface area (Å²) in [6.45, 7) is 0. The minimum absolute atomic E-state index is 0.663. The van der Waals surface area contributed by atoms with Gasteiger partial charge in [-0.2, -0.15) is 4.99 Å². The molecule has 1 aliphatic rings. The molecule has 0 saturated heterocycles. The summed E-state index contributed by atoms with van der Waals surface area (Å²) in [6.07, 6.45) is 12.0. The van der Waals surface area contributed by atoms with Crippen molar-refractivity contribution in [3.8, 4) is 0 Å². The van der Waals surface area contributed by atoms with E-state index in [9.17, 15) is 4.79 Å². The molecule has 0 unspecified atom stereocenters. The van der Waals surface area contributed by atoms with Crippen molar-refractivity contribution in [1.29, 1.82) is 5.41 Å². The third-order valence-electron chi connectivity index (χ3n) is 2.64. The molecule has 0 atom stereocenters. The van der Waals surface area contributed by atoms with E-state index in [0.717, 1.165) is 25.3 Å². The Hall–Kier alpha value is -2.54. The van der Waals surface area contributed by atoms with Gasteiger partial charge in [0.05, 0.1) is 5.69 Å². The van der Waals surface area contributed by atoms with Crippen LogP contribution in [0.3, 0.4) is 0 Å². The van der Waals surface area contributed by atoms with Crippen molar-refractivity contribution < 1.29 is 9.59 Å². The van der Waals surface area contributed by atoms with Crippen molar-refractivity contribution in [3.63, 3.8) is 0 Å². The number of aliphatic imine (C=N–C) groups is 1. The maximum absolute atomic E-state index is 10.1. The van der Waals surface area contributed by atoms with Gasteiger partial charge in [0.2, 0.25) is 12.2 Å². The fourth-order valence-electron chi connectivity index (χ4n) is 1.80.